The Hall–Kier alpha value is -2.66. The predicted octanol–water partition coefficient (Wildman–Crippen LogP) is 5.11. The van der Waals surface area contributed by atoms with Crippen molar-refractivity contribution in [3.8, 4) is 0 Å². The molecule has 0 spiro atoms. The zero-order valence-corrected chi connectivity index (χ0v) is 17.5. The van der Waals surface area contributed by atoms with Crippen LogP contribution in [0.1, 0.15) is 59.6 Å². The Morgan fingerprint density at radius 2 is 1.97 bits per heavy atom. The van der Waals surface area contributed by atoms with Gasteiger partial charge in [-0.15, -0.1) is 0 Å². The summed E-state index contributed by atoms with van der Waals surface area (Å²) in [6, 6.07) is 7.75. The molecule has 0 unspecified atom stereocenters. The van der Waals surface area contributed by atoms with Gasteiger partial charge in [-0.05, 0) is 81.1 Å². The lowest BCUT2D eigenvalue weighted by atomic mass is 9.90. The van der Waals surface area contributed by atoms with Gasteiger partial charge in [0.15, 0.2) is 0 Å². The van der Waals surface area contributed by atoms with Gasteiger partial charge in [0.05, 0.1) is 23.9 Å². The van der Waals surface area contributed by atoms with Gasteiger partial charge in [0.1, 0.15) is 5.76 Å². The van der Waals surface area contributed by atoms with Crippen LogP contribution in [0.25, 0.3) is 10.9 Å². The molecule has 1 aliphatic carbocycles. The fraction of sp³-hybridized carbons (Fsp3) is 0.417. The zero-order valence-electron chi connectivity index (χ0n) is 17.5. The minimum atomic E-state index is -0.135. The average molecular weight is 392 g/mol. The molecule has 0 fully saturated rings. The van der Waals surface area contributed by atoms with E-state index in [0.717, 1.165) is 42.5 Å². The molecule has 2 heterocycles. The SMILES string of the molecule is CCN(CC)Cc1occc1C(=O)Nc1ccc2nc3c(c(C)c2c1)CCCC3. The molecule has 0 bridgehead atoms. The summed E-state index contributed by atoms with van der Waals surface area (Å²) in [7, 11) is 0. The van der Waals surface area contributed by atoms with Crippen molar-refractivity contribution in [2.24, 2.45) is 0 Å². The van der Waals surface area contributed by atoms with Crippen LogP contribution in [0, 0.1) is 6.92 Å². The van der Waals surface area contributed by atoms with E-state index in [-0.39, 0.29) is 5.91 Å². The van der Waals surface area contributed by atoms with Crippen LogP contribution in [0.2, 0.25) is 0 Å². The second-order valence-electron chi connectivity index (χ2n) is 7.77. The number of benzene rings is 1. The van der Waals surface area contributed by atoms with Crippen molar-refractivity contribution in [2.45, 2.75) is 53.0 Å². The van der Waals surface area contributed by atoms with E-state index in [4.69, 9.17) is 9.40 Å². The van der Waals surface area contributed by atoms with Gasteiger partial charge < -0.3 is 9.73 Å². The number of furan rings is 1. The van der Waals surface area contributed by atoms with Gasteiger partial charge in [-0.1, -0.05) is 13.8 Å². The van der Waals surface area contributed by atoms with Crippen molar-refractivity contribution >= 4 is 22.5 Å². The normalized spacial score (nSPS) is 13.7. The van der Waals surface area contributed by atoms with Gasteiger partial charge in [0.25, 0.3) is 5.91 Å². The Morgan fingerprint density at radius 3 is 2.76 bits per heavy atom. The van der Waals surface area contributed by atoms with Crippen LogP contribution in [0.4, 0.5) is 5.69 Å². The van der Waals surface area contributed by atoms with E-state index >= 15 is 0 Å². The minimum Gasteiger partial charge on any atom is -0.467 e. The minimum absolute atomic E-state index is 0.135. The van der Waals surface area contributed by atoms with Gasteiger partial charge in [-0.2, -0.15) is 0 Å². The third-order valence-electron chi connectivity index (χ3n) is 6.06. The maximum Gasteiger partial charge on any atom is 0.259 e. The second-order valence-corrected chi connectivity index (χ2v) is 7.77. The summed E-state index contributed by atoms with van der Waals surface area (Å²) in [6.07, 6.45) is 6.21. The largest absolute Gasteiger partial charge is 0.467 e. The lowest BCUT2D eigenvalue weighted by Gasteiger charge is -2.19. The monoisotopic (exact) mass is 391 g/mol. The highest BCUT2D eigenvalue weighted by Gasteiger charge is 2.18. The summed E-state index contributed by atoms with van der Waals surface area (Å²) in [5.41, 5.74) is 6.33. The summed E-state index contributed by atoms with van der Waals surface area (Å²) in [4.78, 5) is 20.0. The highest BCUT2D eigenvalue weighted by atomic mass is 16.3. The number of aryl methyl sites for hydroxylation is 2. The van der Waals surface area contributed by atoms with Crippen molar-refractivity contribution < 1.29 is 9.21 Å². The topological polar surface area (TPSA) is 58.4 Å². The molecular formula is C24H29N3O2. The van der Waals surface area contributed by atoms with Crippen LogP contribution >= 0.6 is 0 Å². The van der Waals surface area contributed by atoms with Crippen LogP contribution in [-0.2, 0) is 19.4 Å². The molecule has 3 aromatic rings. The summed E-state index contributed by atoms with van der Waals surface area (Å²) >= 11 is 0. The van der Waals surface area contributed by atoms with Crippen LogP contribution in [-0.4, -0.2) is 28.9 Å². The lowest BCUT2D eigenvalue weighted by Crippen LogP contribution is -2.23. The standard InChI is InChI=1S/C24H29N3O2/c1-4-27(5-2)15-23-19(12-13-29-23)24(28)25-17-10-11-22-20(14-17)16(3)18-8-6-7-9-21(18)26-22/h10-14H,4-9,15H2,1-3H3,(H,25,28). The first kappa shape index (κ1) is 19.6. The molecule has 1 aromatic carbocycles. The number of carbonyl (C=O) groups excluding carboxylic acids is 1. The molecule has 4 rings (SSSR count). The Bertz CT molecular complexity index is 1030. The molecule has 0 radical (unpaired) electrons. The van der Waals surface area contributed by atoms with Crippen molar-refractivity contribution in [1.82, 2.24) is 9.88 Å². The number of fused-ring (bicyclic) bond motifs is 2. The number of hydrogen-bond acceptors (Lipinski definition) is 4. The van der Waals surface area contributed by atoms with E-state index in [2.05, 4.69) is 37.1 Å². The van der Waals surface area contributed by atoms with Crippen molar-refractivity contribution in [2.75, 3.05) is 18.4 Å². The number of nitrogens with zero attached hydrogens (tertiary/aromatic N) is 2. The summed E-state index contributed by atoms with van der Waals surface area (Å²) < 4.78 is 5.60. The molecule has 1 amide bonds. The Balaban J connectivity index is 1.59. The molecule has 5 heteroatoms. The highest BCUT2D eigenvalue weighted by molar-refractivity contribution is 6.05. The number of anilines is 1. The molecule has 0 saturated carbocycles. The Kier molecular flexibility index (Phi) is 5.67. The molecule has 0 saturated heterocycles. The number of amides is 1. The maximum atomic E-state index is 12.9. The van der Waals surface area contributed by atoms with E-state index < -0.39 is 0 Å². The van der Waals surface area contributed by atoms with Crippen molar-refractivity contribution in [1.29, 1.82) is 0 Å². The van der Waals surface area contributed by atoms with Gasteiger partial charge in [0, 0.05) is 16.8 Å². The van der Waals surface area contributed by atoms with Crippen LogP contribution in [0.3, 0.4) is 0 Å². The predicted molar refractivity (Wildman–Crippen MR) is 116 cm³/mol. The molecule has 0 aliphatic heterocycles. The average Bonchev–Trinajstić information content (AvgIpc) is 3.21. The number of nitrogens with one attached hydrogen (secondary N) is 1. The number of rotatable bonds is 6. The van der Waals surface area contributed by atoms with Gasteiger partial charge in [0.2, 0.25) is 0 Å². The van der Waals surface area contributed by atoms with Gasteiger partial charge >= 0.3 is 0 Å². The summed E-state index contributed by atoms with van der Waals surface area (Å²) in [5, 5.41) is 4.17. The second kappa shape index (κ2) is 8.37. The molecule has 1 aliphatic rings. The molecule has 152 valence electrons. The first-order chi connectivity index (χ1) is 14.1. The van der Waals surface area contributed by atoms with E-state index in [1.165, 1.54) is 29.7 Å². The third-order valence-corrected chi connectivity index (χ3v) is 6.06. The number of pyridine rings is 1. The molecule has 0 atom stereocenters. The first-order valence-corrected chi connectivity index (χ1v) is 10.6. The molecule has 5 nitrogen and oxygen atoms in total. The molecule has 2 aromatic heterocycles. The summed E-state index contributed by atoms with van der Waals surface area (Å²) in [5.74, 6) is 0.572. The van der Waals surface area contributed by atoms with E-state index in [1.54, 1.807) is 12.3 Å². The number of carbonyl (C=O) groups is 1. The first-order valence-electron chi connectivity index (χ1n) is 10.6. The van der Waals surface area contributed by atoms with E-state index in [9.17, 15) is 4.79 Å². The molecular weight excluding hydrogens is 362 g/mol. The Morgan fingerprint density at radius 1 is 1.17 bits per heavy atom. The number of hydrogen-bond donors (Lipinski definition) is 1. The smallest absolute Gasteiger partial charge is 0.259 e. The highest BCUT2D eigenvalue weighted by Crippen LogP contribution is 2.30. The van der Waals surface area contributed by atoms with Crippen LogP contribution < -0.4 is 5.32 Å². The van der Waals surface area contributed by atoms with Crippen LogP contribution in [0.15, 0.2) is 34.9 Å². The molecule has 29 heavy (non-hydrogen) atoms. The lowest BCUT2D eigenvalue weighted by molar-refractivity contribution is 0.102. The maximum absolute atomic E-state index is 12.9. The van der Waals surface area contributed by atoms with Gasteiger partial charge in [-0.3, -0.25) is 14.7 Å². The van der Waals surface area contributed by atoms with E-state index in [0.29, 0.717) is 17.9 Å². The quantitative estimate of drug-likeness (QED) is 0.634. The Labute approximate surface area is 172 Å². The fourth-order valence-electron chi connectivity index (χ4n) is 4.25. The summed E-state index contributed by atoms with van der Waals surface area (Å²) in [6.45, 7) is 8.86. The zero-order chi connectivity index (χ0) is 20.4. The van der Waals surface area contributed by atoms with Crippen molar-refractivity contribution in [3.63, 3.8) is 0 Å². The fourth-order valence-corrected chi connectivity index (χ4v) is 4.25. The van der Waals surface area contributed by atoms with Crippen molar-refractivity contribution in [3.05, 3.63) is 58.7 Å². The number of aromatic nitrogens is 1. The van der Waals surface area contributed by atoms with Crippen LogP contribution in [0.5, 0.6) is 0 Å². The molecule has 1 N–H and O–H groups in total. The van der Waals surface area contributed by atoms with E-state index in [1.807, 2.05) is 12.1 Å². The third kappa shape index (κ3) is 3.92. The van der Waals surface area contributed by atoms with Gasteiger partial charge in [-0.25, -0.2) is 0 Å².